The van der Waals surface area contributed by atoms with E-state index in [1.165, 1.54) is 21.9 Å². The Labute approximate surface area is 135 Å². The normalized spacial score (nSPS) is 11.5. The summed E-state index contributed by atoms with van der Waals surface area (Å²) in [6.45, 7) is 6.42. The van der Waals surface area contributed by atoms with E-state index in [1.54, 1.807) is 11.3 Å². The van der Waals surface area contributed by atoms with E-state index in [2.05, 4.69) is 34.7 Å². The van der Waals surface area contributed by atoms with Crippen molar-refractivity contribution in [3.63, 3.8) is 0 Å². The summed E-state index contributed by atoms with van der Waals surface area (Å²) in [4.78, 5) is 7.15. The van der Waals surface area contributed by atoms with E-state index in [0.717, 1.165) is 31.0 Å². The van der Waals surface area contributed by atoms with Crippen molar-refractivity contribution in [2.24, 2.45) is 4.99 Å². The zero-order valence-corrected chi connectivity index (χ0v) is 13.8. The third kappa shape index (κ3) is 5.48. The minimum Gasteiger partial charge on any atom is -0.357 e. The van der Waals surface area contributed by atoms with Crippen LogP contribution in [0.2, 0.25) is 0 Å². The molecule has 0 radical (unpaired) electrons. The first-order chi connectivity index (χ1) is 10.7. The number of thiophene rings is 1. The van der Waals surface area contributed by atoms with Crippen molar-refractivity contribution in [1.29, 1.82) is 0 Å². The number of nitrogens with one attached hydrogen (secondary N) is 2. The number of rotatable bonds is 6. The Bertz CT molecular complexity index is 605. The van der Waals surface area contributed by atoms with Gasteiger partial charge >= 0.3 is 0 Å². The van der Waals surface area contributed by atoms with E-state index in [0.29, 0.717) is 6.54 Å². The van der Waals surface area contributed by atoms with Crippen molar-refractivity contribution in [2.45, 2.75) is 26.8 Å². The molecule has 0 saturated heterocycles. The Balaban J connectivity index is 1.84. The summed E-state index contributed by atoms with van der Waals surface area (Å²) in [5.74, 6) is 0.619. The maximum atomic E-state index is 12.9. The average Bonchev–Trinajstić information content (AvgIpc) is 2.92. The fourth-order valence-electron chi connectivity index (χ4n) is 2.05. The van der Waals surface area contributed by atoms with E-state index in [4.69, 9.17) is 0 Å². The number of aryl methyl sites for hydroxylation is 1. The molecule has 1 aromatic carbocycles. The van der Waals surface area contributed by atoms with Gasteiger partial charge in [-0.2, -0.15) is 0 Å². The summed E-state index contributed by atoms with van der Waals surface area (Å²) in [6.07, 6.45) is 0.836. The Kier molecular flexibility index (Phi) is 6.40. The second-order valence-corrected chi connectivity index (χ2v) is 6.38. The van der Waals surface area contributed by atoms with Crippen LogP contribution in [-0.2, 0) is 13.0 Å². The molecule has 5 heteroatoms. The highest BCUT2D eigenvalue weighted by atomic mass is 32.1. The van der Waals surface area contributed by atoms with Gasteiger partial charge in [0.1, 0.15) is 5.82 Å². The number of hydrogen-bond acceptors (Lipinski definition) is 2. The highest BCUT2D eigenvalue weighted by molar-refractivity contribution is 7.11. The zero-order chi connectivity index (χ0) is 15.8. The monoisotopic (exact) mass is 319 g/mol. The van der Waals surface area contributed by atoms with Crippen LogP contribution in [0.15, 0.2) is 41.4 Å². The Morgan fingerprint density at radius 3 is 2.55 bits per heavy atom. The fraction of sp³-hybridized carbons (Fsp3) is 0.353. The molecule has 22 heavy (non-hydrogen) atoms. The van der Waals surface area contributed by atoms with E-state index in [1.807, 2.05) is 19.1 Å². The summed E-state index contributed by atoms with van der Waals surface area (Å²) in [6, 6.07) is 10.8. The molecule has 2 aromatic rings. The molecular weight excluding hydrogens is 297 g/mol. The van der Waals surface area contributed by atoms with Gasteiger partial charge in [-0.25, -0.2) is 9.38 Å². The lowest BCUT2D eigenvalue weighted by Crippen LogP contribution is -2.38. The van der Waals surface area contributed by atoms with Crippen LogP contribution in [0.5, 0.6) is 0 Å². The number of benzene rings is 1. The molecule has 0 amide bonds. The molecule has 0 atom stereocenters. The van der Waals surface area contributed by atoms with Crippen molar-refractivity contribution >= 4 is 17.3 Å². The van der Waals surface area contributed by atoms with Gasteiger partial charge < -0.3 is 10.6 Å². The molecule has 0 aliphatic rings. The molecule has 118 valence electrons. The predicted molar refractivity (Wildman–Crippen MR) is 92.0 cm³/mol. The SMILES string of the molecule is CCNC(=NCc1ccc(C)s1)NCCc1ccc(F)cc1. The van der Waals surface area contributed by atoms with Gasteiger partial charge in [-0.15, -0.1) is 11.3 Å². The van der Waals surface area contributed by atoms with Crippen LogP contribution in [0, 0.1) is 12.7 Å². The molecule has 0 saturated carbocycles. The lowest BCUT2D eigenvalue weighted by atomic mass is 10.1. The van der Waals surface area contributed by atoms with Crippen molar-refractivity contribution in [1.82, 2.24) is 10.6 Å². The number of halogens is 1. The molecule has 0 aliphatic carbocycles. The largest absolute Gasteiger partial charge is 0.357 e. The Hall–Kier alpha value is -1.88. The van der Waals surface area contributed by atoms with Crippen molar-refractivity contribution in [3.8, 4) is 0 Å². The second kappa shape index (κ2) is 8.54. The van der Waals surface area contributed by atoms with Gasteiger partial charge in [0.05, 0.1) is 6.54 Å². The van der Waals surface area contributed by atoms with Crippen LogP contribution in [0.4, 0.5) is 4.39 Å². The van der Waals surface area contributed by atoms with Crippen LogP contribution in [0.3, 0.4) is 0 Å². The molecular formula is C17H22FN3S. The smallest absolute Gasteiger partial charge is 0.191 e. The predicted octanol–water partition coefficient (Wildman–Crippen LogP) is 3.49. The molecule has 2 rings (SSSR count). The standard InChI is InChI=1S/C17H22FN3S/c1-3-19-17(21-12-16-9-4-13(2)22-16)20-11-10-14-5-7-15(18)8-6-14/h4-9H,3,10-12H2,1-2H3,(H2,19,20,21). The van der Waals surface area contributed by atoms with E-state index in [9.17, 15) is 4.39 Å². The first-order valence-electron chi connectivity index (χ1n) is 7.49. The van der Waals surface area contributed by atoms with Gasteiger partial charge in [-0.05, 0) is 50.1 Å². The minimum absolute atomic E-state index is 0.196. The maximum Gasteiger partial charge on any atom is 0.191 e. The van der Waals surface area contributed by atoms with Gasteiger partial charge in [0.15, 0.2) is 5.96 Å². The average molecular weight is 319 g/mol. The topological polar surface area (TPSA) is 36.4 Å². The van der Waals surface area contributed by atoms with Crippen molar-refractivity contribution in [2.75, 3.05) is 13.1 Å². The zero-order valence-electron chi connectivity index (χ0n) is 13.0. The molecule has 0 spiro atoms. The van der Waals surface area contributed by atoms with Gasteiger partial charge in [-0.3, -0.25) is 0 Å². The fourth-order valence-corrected chi connectivity index (χ4v) is 2.86. The first-order valence-corrected chi connectivity index (χ1v) is 8.31. The Morgan fingerprint density at radius 2 is 1.91 bits per heavy atom. The molecule has 0 unspecified atom stereocenters. The summed E-state index contributed by atoms with van der Waals surface area (Å²) < 4.78 is 12.9. The summed E-state index contributed by atoms with van der Waals surface area (Å²) in [5.41, 5.74) is 1.11. The molecule has 1 heterocycles. The van der Waals surface area contributed by atoms with Crippen LogP contribution < -0.4 is 10.6 Å². The first kappa shape index (κ1) is 16.5. The highest BCUT2D eigenvalue weighted by Crippen LogP contribution is 2.15. The van der Waals surface area contributed by atoms with E-state index < -0.39 is 0 Å². The molecule has 0 bridgehead atoms. The maximum absolute atomic E-state index is 12.9. The number of aliphatic imine (C=N–C) groups is 1. The third-order valence-electron chi connectivity index (χ3n) is 3.15. The molecule has 2 N–H and O–H groups in total. The lowest BCUT2D eigenvalue weighted by molar-refractivity contribution is 0.626. The van der Waals surface area contributed by atoms with Gasteiger partial charge in [0.2, 0.25) is 0 Å². The second-order valence-electron chi connectivity index (χ2n) is 5.01. The lowest BCUT2D eigenvalue weighted by Gasteiger charge is -2.11. The van der Waals surface area contributed by atoms with Crippen LogP contribution in [-0.4, -0.2) is 19.0 Å². The van der Waals surface area contributed by atoms with Crippen molar-refractivity contribution < 1.29 is 4.39 Å². The van der Waals surface area contributed by atoms with Crippen LogP contribution in [0.25, 0.3) is 0 Å². The van der Waals surface area contributed by atoms with E-state index >= 15 is 0 Å². The quantitative estimate of drug-likeness (QED) is 0.631. The molecule has 3 nitrogen and oxygen atoms in total. The van der Waals surface area contributed by atoms with Gasteiger partial charge in [0.25, 0.3) is 0 Å². The Morgan fingerprint density at radius 1 is 1.14 bits per heavy atom. The minimum atomic E-state index is -0.196. The van der Waals surface area contributed by atoms with Crippen LogP contribution in [0.1, 0.15) is 22.2 Å². The summed E-state index contributed by atoms with van der Waals surface area (Å²) in [5, 5.41) is 6.55. The van der Waals surface area contributed by atoms with Crippen LogP contribution >= 0.6 is 11.3 Å². The number of hydrogen-bond donors (Lipinski definition) is 2. The summed E-state index contributed by atoms with van der Waals surface area (Å²) >= 11 is 1.77. The summed E-state index contributed by atoms with van der Waals surface area (Å²) in [7, 11) is 0. The highest BCUT2D eigenvalue weighted by Gasteiger charge is 2.00. The van der Waals surface area contributed by atoms with E-state index in [-0.39, 0.29) is 5.82 Å². The molecule has 1 aromatic heterocycles. The van der Waals surface area contributed by atoms with Gasteiger partial charge in [0, 0.05) is 22.8 Å². The number of nitrogens with zero attached hydrogens (tertiary/aromatic N) is 1. The third-order valence-corrected chi connectivity index (χ3v) is 4.14. The molecule has 0 aliphatic heterocycles. The van der Waals surface area contributed by atoms with Gasteiger partial charge in [-0.1, -0.05) is 12.1 Å². The number of guanidine groups is 1. The van der Waals surface area contributed by atoms with Crippen molar-refractivity contribution in [3.05, 3.63) is 57.5 Å². The molecule has 0 fully saturated rings.